The molecule has 1 unspecified atom stereocenters. The molecule has 0 fully saturated rings. The Morgan fingerprint density at radius 2 is 1.95 bits per heavy atom. The molecule has 3 rings (SSSR count). The maximum atomic E-state index is 5.73. The Labute approximate surface area is 121 Å². The minimum absolute atomic E-state index is 0.781. The lowest BCUT2D eigenvalue weighted by molar-refractivity contribution is 0.302. The monoisotopic (exact) mass is 269 g/mol. The SMILES string of the molecule is CC1CCc2cn(CCCOc3ccccc3)cc2C1. The molecule has 0 radical (unpaired) electrons. The van der Waals surface area contributed by atoms with Gasteiger partial charge in [-0.05, 0) is 54.9 Å². The lowest BCUT2D eigenvalue weighted by atomic mass is 9.88. The van der Waals surface area contributed by atoms with Gasteiger partial charge in [0, 0.05) is 18.9 Å². The second kappa shape index (κ2) is 6.17. The molecule has 1 aromatic carbocycles. The zero-order valence-corrected chi connectivity index (χ0v) is 12.2. The van der Waals surface area contributed by atoms with Gasteiger partial charge in [-0.25, -0.2) is 0 Å². The molecule has 0 N–H and O–H groups in total. The lowest BCUT2D eigenvalue weighted by Crippen LogP contribution is -2.08. The van der Waals surface area contributed by atoms with Crippen LogP contribution in [0.4, 0.5) is 0 Å². The molecule has 0 amide bonds. The molecule has 0 aliphatic heterocycles. The highest BCUT2D eigenvalue weighted by atomic mass is 16.5. The summed E-state index contributed by atoms with van der Waals surface area (Å²) < 4.78 is 8.08. The Hall–Kier alpha value is -1.70. The molecule has 2 nitrogen and oxygen atoms in total. The number of ether oxygens (including phenoxy) is 1. The lowest BCUT2D eigenvalue weighted by Gasteiger charge is -2.17. The standard InChI is InChI=1S/C18H23NO/c1-15-8-9-16-13-19(14-17(16)12-15)10-5-11-20-18-6-3-2-4-7-18/h2-4,6-7,13-15H,5,8-12H2,1H3. The molecule has 0 saturated heterocycles. The predicted molar refractivity (Wildman–Crippen MR) is 82.2 cm³/mol. The van der Waals surface area contributed by atoms with E-state index in [1.54, 1.807) is 11.1 Å². The van der Waals surface area contributed by atoms with Crippen molar-refractivity contribution in [3.05, 3.63) is 53.9 Å². The van der Waals surface area contributed by atoms with Gasteiger partial charge in [0.15, 0.2) is 0 Å². The highest BCUT2D eigenvalue weighted by Gasteiger charge is 2.16. The summed E-state index contributed by atoms with van der Waals surface area (Å²) in [6, 6.07) is 10.1. The summed E-state index contributed by atoms with van der Waals surface area (Å²) in [6.07, 6.45) is 9.58. The molecule has 0 bridgehead atoms. The molecule has 2 heteroatoms. The predicted octanol–water partition coefficient (Wildman–Crippen LogP) is 4.08. The van der Waals surface area contributed by atoms with E-state index < -0.39 is 0 Å². The highest BCUT2D eigenvalue weighted by molar-refractivity contribution is 5.27. The largest absolute Gasteiger partial charge is 0.494 e. The number of hydrogen-bond donors (Lipinski definition) is 0. The molecule has 20 heavy (non-hydrogen) atoms. The van der Waals surface area contributed by atoms with E-state index in [4.69, 9.17) is 4.74 Å². The molecular weight excluding hydrogens is 246 g/mol. The second-order valence-corrected chi connectivity index (χ2v) is 5.91. The Bertz CT molecular complexity index is 544. The van der Waals surface area contributed by atoms with E-state index >= 15 is 0 Å². The maximum absolute atomic E-state index is 5.73. The van der Waals surface area contributed by atoms with Gasteiger partial charge in [0.1, 0.15) is 5.75 Å². The highest BCUT2D eigenvalue weighted by Crippen LogP contribution is 2.26. The van der Waals surface area contributed by atoms with Crippen LogP contribution >= 0.6 is 0 Å². The smallest absolute Gasteiger partial charge is 0.119 e. The van der Waals surface area contributed by atoms with Crippen molar-refractivity contribution in [3.8, 4) is 5.75 Å². The second-order valence-electron chi connectivity index (χ2n) is 5.91. The van der Waals surface area contributed by atoms with Crippen LogP contribution in [0.25, 0.3) is 0 Å². The minimum Gasteiger partial charge on any atom is -0.494 e. The summed E-state index contributed by atoms with van der Waals surface area (Å²) in [4.78, 5) is 0. The number of hydrogen-bond acceptors (Lipinski definition) is 1. The van der Waals surface area contributed by atoms with Crippen LogP contribution in [0.3, 0.4) is 0 Å². The molecule has 2 aromatic rings. The quantitative estimate of drug-likeness (QED) is 0.746. The van der Waals surface area contributed by atoms with Crippen LogP contribution in [0.5, 0.6) is 5.75 Å². The number of nitrogens with zero attached hydrogens (tertiary/aromatic N) is 1. The van der Waals surface area contributed by atoms with Crippen LogP contribution in [0.15, 0.2) is 42.7 Å². The zero-order valence-electron chi connectivity index (χ0n) is 12.2. The van der Waals surface area contributed by atoms with Crippen LogP contribution < -0.4 is 4.74 Å². The molecule has 1 heterocycles. The summed E-state index contributed by atoms with van der Waals surface area (Å²) in [5, 5.41) is 0. The fourth-order valence-electron chi connectivity index (χ4n) is 2.97. The first-order chi connectivity index (χ1) is 9.81. The van der Waals surface area contributed by atoms with Gasteiger partial charge < -0.3 is 9.30 Å². The van der Waals surface area contributed by atoms with Crippen molar-refractivity contribution in [1.29, 1.82) is 0 Å². The summed E-state index contributed by atoms with van der Waals surface area (Å²) >= 11 is 0. The number of rotatable bonds is 5. The number of fused-ring (bicyclic) bond motifs is 1. The average Bonchev–Trinajstić information content (AvgIpc) is 2.86. The average molecular weight is 269 g/mol. The van der Waals surface area contributed by atoms with Gasteiger partial charge >= 0.3 is 0 Å². The van der Waals surface area contributed by atoms with E-state index in [0.29, 0.717) is 0 Å². The Morgan fingerprint density at radius 3 is 2.80 bits per heavy atom. The Morgan fingerprint density at radius 1 is 1.15 bits per heavy atom. The molecule has 1 atom stereocenters. The van der Waals surface area contributed by atoms with E-state index in [0.717, 1.165) is 31.2 Å². The molecule has 1 aliphatic rings. The van der Waals surface area contributed by atoms with Gasteiger partial charge in [0.05, 0.1) is 6.61 Å². The van der Waals surface area contributed by atoms with Gasteiger partial charge in [0.25, 0.3) is 0 Å². The summed E-state index contributed by atoms with van der Waals surface area (Å²) in [7, 11) is 0. The number of aromatic nitrogens is 1. The van der Waals surface area contributed by atoms with Gasteiger partial charge in [-0.3, -0.25) is 0 Å². The molecule has 1 aromatic heterocycles. The van der Waals surface area contributed by atoms with Crippen molar-refractivity contribution in [2.45, 2.75) is 39.2 Å². The third-order valence-corrected chi connectivity index (χ3v) is 4.10. The third-order valence-electron chi connectivity index (χ3n) is 4.10. The van der Waals surface area contributed by atoms with Crippen LogP contribution in [0.2, 0.25) is 0 Å². The normalized spacial score (nSPS) is 17.8. The van der Waals surface area contributed by atoms with Gasteiger partial charge in [-0.15, -0.1) is 0 Å². The van der Waals surface area contributed by atoms with Gasteiger partial charge in [-0.2, -0.15) is 0 Å². The van der Waals surface area contributed by atoms with Crippen molar-refractivity contribution in [1.82, 2.24) is 4.57 Å². The topological polar surface area (TPSA) is 14.2 Å². The van der Waals surface area contributed by atoms with Crippen molar-refractivity contribution >= 4 is 0 Å². The molecule has 0 saturated carbocycles. The van der Waals surface area contributed by atoms with Crippen LogP contribution in [-0.2, 0) is 19.4 Å². The fourth-order valence-corrected chi connectivity index (χ4v) is 2.97. The molecule has 106 valence electrons. The molecule has 1 aliphatic carbocycles. The van der Waals surface area contributed by atoms with Crippen LogP contribution in [-0.4, -0.2) is 11.2 Å². The fraction of sp³-hybridized carbons (Fsp3) is 0.444. The van der Waals surface area contributed by atoms with Gasteiger partial charge in [0.2, 0.25) is 0 Å². The first-order valence-electron chi connectivity index (χ1n) is 7.66. The van der Waals surface area contributed by atoms with E-state index in [9.17, 15) is 0 Å². The van der Waals surface area contributed by atoms with Crippen molar-refractivity contribution in [2.24, 2.45) is 5.92 Å². The van der Waals surface area contributed by atoms with E-state index in [1.165, 1.54) is 19.3 Å². The Kier molecular flexibility index (Phi) is 4.10. The number of aryl methyl sites for hydroxylation is 2. The molecular formula is C18H23NO. The third kappa shape index (κ3) is 3.24. The molecule has 0 spiro atoms. The minimum atomic E-state index is 0.781. The van der Waals surface area contributed by atoms with Crippen molar-refractivity contribution < 1.29 is 4.74 Å². The summed E-state index contributed by atoms with van der Waals surface area (Å²) in [5.41, 5.74) is 3.12. The van der Waals surface area contributed by atoms with E-state index in [1.807, 2.05) is 30.3 Å². The van der Waals surface area contributed by atoms with E-state index in [2.05, 4.69) is 23.9 Å². The summed E-state index contributed by atoms with van der Waals surface area (Å²) in [5.74, 6) is 1.81. The zero-order chi connectivity index (χ0) is 13.8. The van der Waals surface area contributed by atoms with Crippen LogP contribution in [0, 0.1) is 5.92 Å². The van der Waals surface area contributed by atoms with Crippen molar-refractivity contribution in [2.75, 3.05) is 6.61 Å². The van der Waals surface area contributed by atoms with Gasteiger partial charge in [-0.1, -0.05) is 25.1 Å². The summed E-state index contributed by atoms with van der Waals surface area (Å²) in [6.45, 7) is 4.19. The number of para-hydroxylation sites is 1. The first kappa shape index (κ1) is 13.3. The Balaban J connectivity index is 1.47. The van der Waals surface area contributed by atoms with Crippen LogP contribution in [0.1, 0.15) is 30.9 Å². The number of benzene rings is 1. The van der Waals surface area contributed by atoms with Crippen molar-refractivity contribution in [3.63, 3.8) is 0 Å². The van der Waals surface area contributed by atoms with E-state index in [-0.39, 0.29) is 0 Å². The first-order valence-corrected chi connectivity index (χ1v) is 7.66. The maximum Gasteiger partial charge on any atom is 0.119 e.